The second-order valence-electron chi connectivity index (χ2n) is 2.74. The van der Waals surface area contributed by atoms with Crippen LogP contribution in [0.15, 0.2) is 28.5 Å². The maximum absolute atomic E-state index is 10.9. The van der Waals surface area contributed by atoms with E-state index in [1.807, 2.05) is 23.6 Å². The van der Waals surface area contributed by atoms with Gasteiger partial charge in [-0.2, -0.15) is 0 Å². The van der Waals surface area contributed by atoms with E-state index >= 15 is 0 Å². The Kier molecular flexibility index (Phi) is 2.69. The van der Waals surface area contributed by atoms with Crippen LogP contribution in [-0.4, -0.2) is 11.1 Å². The van der Waals surface area contributed by atoms with Crippen LogP contribution in [-0.2, 0) is 6.42 Å². The number of amides is 1. The number of nitrogens with one attached hydrogen (secondary N) is 2. The molecule has 1 aliphatic rings. The smallest absolute Gasteiger partial charge is 0.289 e. The Labute approximate surface area is 89.7 Å². The molecule has 0 spiro atoms. The third kappa shape index (κ3) is 2.05. The Morgan fingerprint density at radius 1 is 1.57 bits per heavy atom. The molecular formula is C9H8N2OS2. The zero-order chi connectivity index (χ0) is 9.97. The van der Waals surface area contributed by atoms with Crippen LogP contribution in [0.5, 0.6) is 0 Å². The molecule has 2 heterocycles. The molecule has 1 aromatic heterocycles. The lowest BCUT2D eigenvalue weighted by atomic mass is 10.3. The summed E-state index contributed by atoms with van der Waals surface area (Å²) in [6, 6.07) is 4.04. The molecule has 0 radical (unpaired) electrons. The Bertz CT molecular complexity index is 395. The van der Waals surface area contributed by atoms with Gasteiger partial charge in [-0.15, -0.1) is 11.3 Å². The number of carbonyl (C=O) groups is 1. The molecule has 0 unspecified atom stereocenters. The van der Waals surface area contributed by atoms with E-state index in [-0.39, 0.29) is 11.1 Å². The van der Waals surface area contributed by atoms with Crippen molar-refractivity contribution in [3.63, 3.8) is 0 Å². The molecule has 14 heavy (non-hydrogen) atoms. The van der Waals surface area contributed by atoms with Gasteiger partial charge in [-0.05, 0) is 23.2 Å². The van der Waals surface area contributed by atoms with Crippen LogP contribution < -0.4 is 5.32 Å². The Morgan fingerprint density at radius 3 is 3.00 bits per heavy atom. The molecule has 0 aromatic carbocycles. The van der Waals surface area contributed by atoms with E-state index in [1.54, 1.807) is 11.3 Å². The first kappa shape index (κ1) is 9.48. The van der Waals surface area contributed by atoms with Gasteiger partial charge in [0.2, 0.25) is 0 Å². The maximum atomic E-state index is 10.9. The molecular weight excluding hydrogens is 216 g/mol. The van der Waals surface area contributed by atoms with Gasteiger partial charge in [-0.25, -0.2) is 0 Å². The number of allylic oxidation sites excluding steroid dienone is 1. The van der Waals surface area contributed by atoms with Gasteiger partial charge < -0.3 is 5.32 Å². The van der Waals surface area contributed by atoms with Gasteiger partial charge in [-0.1, -0.05) is 12.1 Å². The largest absolute Gasteiger partial charge is 0.301 e. The van der Waals surface area contributed by atoms with Gasteiger partial charge >= 0.3 is 0 Å². The molecule has 0 bridgehead atoms. The van der Waals surface area contributed by atoms with Crippen molar-refractivity contribution in [1.82, 2.24) is 5.32 Å². The minimum atomic E-state index is -0.160. The number of hydrogen-bond donors (Lipinski definition) is 2. The fourth-order valence-corrected chi connectivity index (χ4v) is 2.45. The highest BCUT2D eigenvalue weighted by atomic mass is 32.2. The third-order valence-corrected chi connectivity index (χ3v) is 3.52. The van der Waals surface area contributed by atoms with Crippen molar-refractivity contribution in [3.8, 4) is 0 Å². The molecule has 2 N–H and O–H groups in total. The van der Waals surface area contributed by atoms with Crippen molar-refractivity contribution >= 4 is 34.2 Å². The van der Waals surface area contributed by atoms with Crippen LogP contribution in [0.4, 0.5) is 4.79 Å². The predicted octanol–water partition coefficient (Wildman–Crippen LogP) is 2.61. The Hall–Kier alpha value is -1.07. The van der Waals surface area contributed by atoms with Crippen LogP contribution in [0.2, 0.25) is 0 Å². The van der Waals surface area contributed by atoms with Crippen LogP contribution in [0.25, 0.3) is 0 Å². The lowest BCUT2D eigenvalue weighted by Gasteiger charge is -1.92. The fourth-order valence-electron chi connectivity index (χ4n) is 1.11. The second kappa shape index (κ2) is 3.98. The van der Waals surface area contributed by atoms with E-state index in [9.17, 15) is 4.79 Å². The van der Waals surface area contributed by atoms with Crippen LogP contribution in [0.3, 0.4) is 0 Å². The quantitative estimate of drug-likeness (QED) is 0.811. The van der Waals surface area contributed by atoms with Crippen molar-refractivity contribution in [3.05, 3.63) is 33.4 Å². The minimum Gasteiger partial charge on any atom is -0.301 e. The molecule has 5 heteroatoms. The lowest BCUT2D eigenvalue weighted by molar-refractivity contribution is 0.265. The van der Waals surface area contributed by atoms with Gasteiger partial charge in [0, 0.05) is 11.3 Å². The number of amidine groups is 1. The summed E-state index contributed by atoms with van der Waals surface area (Å²) in [5, 5.41) is 11.7. The van der Waals surface area contributed by atoms with Crippen molar-refractivity contribution in [2.45, 2.75) is 6.42 Å². The summed E-state index contributed by atoms with van der Waals surface area (Å²) in [5.41, 5.74) is 0. The summed E-state index contributed by atoms with van der Waals surface area (Å²) in [6.07, 6.45) is 2.70. The van der Waals surface area contributed by atoms with E-state index in [0.717, 1.165) is 23.1 Å². The summed E-state index contributed by atoms with van der Waals surface area (Å²) in [6.45, 7) is 0. The van der Waals surface area contributed by atoms with Crippen molar-refractivity contribution in [1.29, 1.82) is 5.41 Å². The normalized spacial score (nSPS) is 19.0. The average molecular weight is 224 g/mol. The van der Waals surface area contributed by atoms with Crippen LogP contribution in [0, 0.1) is 5.41 Å². The molecule has 2 rings (SSSR count). The van der Waals surface area contributed by atoms with E-state index in [0.29, 0.717) is 0 Å². The molecule has 0 saturated carbocycles. The molecule has 1 aromatic rings. The minimum absolute atomic E-state index is 0.160. The molecule has 72 valence electrons. The SMILES string of the molecule is N=C1NC(=O)SC1=CCc1cccs1. The van der Waals surface area contributed by atoms with Crippen LogP contribution >= 0.6 is 23.1 Å². The third-order valence-electron chi connectivity index (χ3n) is 1.74. The number of thioether (sulfide) groups is 1. The zero-order valence-electron chi connectivity index (χ0n) is 7.24. The highest BCUT2D eigenvalue weighted by Gasteiger charge is 2.21. The number of rotatable bonds is 2. The van der Waals surface area contributed by atoms with E-state index in [4.69, 9.17) is 5.41 Å². The first-order chi connectivity index (χ1) is 6.75. The van der Waals surface area contributed by atoms with E-state index in [2.05, 4.69) is 5.32 Å². The van der Waals surface area contributed by atoms with Gasteiger partial charge in [0.15, 0.2) is 0 Å². The first-order valence-electron chi connectivity index (χ1n) is 4.06. The highest BCUT2D eigenvalue weighted by molar-refractivity contribution is 8.18. The van der Waals surface area contributed by atoms with Crippen molar-refractivity contribution < 1.29 is 4.79 Å². The topological polar surface area (TPSA) is 53.0 Å². The number of carbonyl (C=O) groups excluding carboxylic acids is 1. The second-order valence-corrected chi connectivity index (χ2v) is 4.79. The standard InChI is InChI=1S/C9H8N2OS2/c10-8-7(14-9(12)11-8)4-3-6-2-1-5-13-6/h1-2,4-5H,3H2,(H2,10,11,12). The van der Waals surface area contributed by atoms with Crippen molar-refractivity contribution in [2.24, 2.45) is 0 Å². The Morgan fingerprint density at radius 2 is 2.43 bits per heavy atom. The number of hydrogen-bond acceptors (Lipinski definition) is 4. The molecule has 3 nitrogen and oxygen atoms in total. The fraction of sp³-hybridized carbons (Fsp3) is 0.111. The molecule has 1 saturated heterocycles. The van der Waals surface area contributed by atoms with E-state index < -0.39 is 0 Å². The van der Waals surface area contributed by atoms with Gasteiger partial charge in [0.1, 0.15) is 5.84 Å². The summed E-state index contributed by atoms with van der Waals surface area (Å²) in [5.74, 6) is 0.219. The summed E-state index contributed by atoms with van der Waals surface area (Å²) in [7, 11) is 0. The Balaban J connectivity index is 2.05. The lowest BCUT2D eigenvalue weighted by Crippen LogP contribution is -2.17. The van der Waals surface area contributed by atoms with Gasteiger partial charge in [0.25, 0.3) is 5.24 Å². The number of thiophene rings is 1. The zero-order valence-corrected chi connectivity index (χ0v) is 8.87. The maximum Gasteiger partial charge on any atom is 0.289 e. The summed E-state index contributed by atoms with van der Waals surface area (Å²) in [4.78, 5) is 12.9. The summed E-state index contributed by atoms with van der Waals surface area (Å²) >= 11 is 2.77. The predicted molar refractivity (Wildman–Crippen MR) is 60.0 cm³/mol. The van der Waals surface area contributed by atoms with E-state index in [1.165, 1.54) is 4.88 Å². The highest BCUT2D eigenvalue weighted by Crippen LogP contribution is 2.24. The molecule has 1 aliphatic heterocycles. The van der Waals surface area contributed by atoms with Crippen LogP contribution in [0.1, 0.15) is 4.88 Å². The van der Waals surface area contributed by atoms with Gasteiger partial charge in [0.05, 0.1) is 4.91 Å². The van der Waals surface area contributed by atoms with Crippen molar-refractivity contribution in [2.75, 3.05) is 0 Å². The molecule has 1 fully saturated rings. The summed E-state index contributed by atoms with van der Waals surface area (Å²) < 4.78 is 0. The average Bonchev–Trinajstić information content (AvgIpc) is 2.72. The molecule has 0 atom stereocenters. The monoisotopic (exact) mass is 224 g/mol. The van der Waals surface area contributed by atoms with Gasteiger partial charge in [-0.3, -0.25) is 10.2 Å². The molecule has 0 aliphatic carbocycles. The molecule has 1 amide bonds. The first-order valence-corrected chi connectivity index (χ1v) is 5.75.